The highest BCUT2D eigenvalue weighted by molar-refractivity contribution is 7.99. The van der Waals surface area contributed by atoms with E-state index in [9.17, 15) is 9.59 Å². The van der Waals surface area contributed by atoms with Gasteiger partial charge < -0.3 is 9.88 Å². The van der Waals surface area contributed by atoms with Crippen LogP contribution in [-0.4, -0.2) is 39.6 Å². The molecule has 1 N–H and O–H groups in total. The van der Waals surface area contributed by atoms with Crippen molar-refractivity contribution in [3.63, 3.8) is 0 Å². The van der Waals surface area contributed by atoms with Gasteiger partial charge in [-0.3, -0.25) is 9.59 Å². The van der Waals surface area contributed by atoms with Crippen molar-refractivity contribution >= 4 is 39.2 Å². The lowest BCUT2D eigenvalue weighted by Gasteiger charge is -2.18. The highest BCUT2D eigenvalue weighted by Gasteiger charge is 2.18. The maximum atomic E-state index is 12.7. The van der Waals surface area contributed by atoms with Crippen molar-refractivity contribution in [1.29, 1.82) is 0 Å². The zero-order valence-electron chi connectivity index (χ0n) is 16.2. The third kappa shape index (κ3) is 5.32. The number of thioether (sulfide) groups is 1. The first-order valence-corrected chi connectivity index (χ1v) is 10.9. The minimum atomic E-state index is -0.119. The van der Waals surface area contributed by atoms with Crippen LogP contribution in [0.1, 0.15) is 30.7 Å². The van der Waals surface area contributed by atoms with Gasteiger partial charge in [-0.05, 0) is 24.8 Å². The van der Waals surface area contributed by atoms with E-state index in [1.165, 1.54) is 11.8 Å². The van der Waals surface area contributed by atoms with Crippen LogP contribution in [-0.2, 0) is 11.2 Å². The zero-order chi connectivity index (χ0) is 20.0. The van der Waals surface area contributed by atoms with Gasteiger partial charge in [-0.25, -0.2) is 4.98 Å². The number of hydrogen-bond acceptors (Lipinski definition) is 5. The Bertz CT molecular complexity index is 875. The van der Waals surface area contributed by atoms with Crippen molar-refractivity contribution in [3.8, 4) is 0 Å². The number of aryl methyl sites for hydroxylation is 1. The molecule has 27 heavy (non-hydrogen) atoms. The van der Waals surface area contributed by atoms with Crippen molar-refractivity contribution in [3.05, 3.63) is 46.1 Å². The largest absolute Gasteiger partial charge is 0.335 e. The lowest BCUT2D eigenvalue weighted by Crippen LogP contribution is -2.32. The summed E-state index contributed by atoms with van der Waals surface area (Å²) in [6.45, 7) is 14.7. The number of rotatable bonds is 10. The number of nitrogens with zero attached hydrogens (tertiary/aromatic N) is 2. The molecule has 146 valence electrons. The van der Waals surface area contributed by atoms with E-state index < -0.39 is 0 Å². The van der Waals surface area contributed by atoms with Crippen LogP contribution in [0.2, 0.25) is 0 Å². The van der Waals surface area contributed by atoms with Gasteiger partial charge in [0.25, 0.3) is 5.56 Å². The summed E-state index contributed by atoms with van der Waals surface area (Å²) in [7, 11) is 0. The normalized spacial score (nSPS) is 12.1. The molecule has 0 aromatic carbocycles. The van der Waals surface area contributed by atoms with E-state index in [0.29, 0.717) is 29.6 Å². The molecule has 0 bridgehead atoms. The Morgan fingerprint density at radius 1 is 1.37 bits per heavy atom. The predicted molar refractivity (Wildman–Crippen MR) is 116 cm³/mol. The molecule has 0 saturated heterocycles. The third-order valence-electron chi connectivity index (χ3n) is 4.47. The number of carbonyl (C=O) groups is 1. The summed E-state index contributed by atoms with van der Waals surface area (Å²) >= 11 is 2.80. The van der Waals surface area contributed by atoms with Gasteiger partial charge in [0.15, 0.2) is 5.16 Å². The summed E-state index contributed by atoms with van der Waals surface area (Å²) in [4.78, 5) is 36.0. The van der Waals surface area contributed by atoms with E-state index in [1.807, 2.05) is 6.92 Å². The molecule has 2 rings (SSSR count). The Kier molecular flexibility index (Phi) is 7.86. The molecule has 0 aliphatic carbocycles. The second kappa shape index (κ2) is 9.90. The number of aromatic amines is 1. The molecule has 2 heterocycles. The fraction of sp³-hybridized carbons (Fsp3) is 0.450. The number of H-pyrrole nitrogens is 1. The second-order valence-corrected chi connectivity index (χ2v) is 8.74. The first-order valence-electron chi connectivity index (χ1n) is 9.05. The monoisotopic (exact) mass is 405 g/mol. The topological polar surface area (TPSA) is 66.1 Å². The first-order chi connectivity index (χ1) is 12.9. The van der Waals surface area contributed by atoms with E-state index in [0.717, 1.165) is 28.1 Å². The number of aromatic nitrogens is 2. The van der Waals surface area contributed by atoms with Gasteiger partial charge in [-0.15, -0.1) is 24.5 Å². The first kappa shape index (κ1) is 21.4. The van der Waals surface area contributed by atoms with Crippen molar-refractivity contribution in [2.24, 2.45) is 5.92 Å². The van der Waals surface area contributed by atoms with Gasteiger partial charge >= 0.3 is 0 Å². The smallest absolute Gasteiger partial charge is 0.260 e. The van der Waals surface area contributed by atoms with Crippen molar-refractivity contribution in [1.82, 2.24) is 14.9 Å². The van der Waals surface area contributed by atoms with Gasteiger partial charge in [-0.1, -0.05) is 44.2 Å². The lowest BCUT2D eigenvalue weighted by molar-refractivity contribution is -0.127. The number of fused-ring (bicyclic) bond motifs is 1. The van der Waals surface area contributed by atoms with Gasteiger partial charge in [0.05, 0.1) is 11.1 Å². The average Bonchev–Trinajstić information content (AvgIpc) is 2.95. The van der Waals surface area contributed by atoms with Crippen molar-refractivity contribution in [2.45, 2.75) is 38.8 Å². The van der Waals surface area contributed by atoms with E-state index in [2.05, 4.69) is 37.0 Å². The Balaban J connectivity index is 2.21. The summed E-state index contributed by atoms with van der Waals surface area (Å²) in [5.41, 5.74) is 0.987. The van der Waals surface area contributed by atoms with E-state index in [4.69, 9.17) is 0 Å². The van der Waals surface area contributed by atoms with Crippen LogP contribution in [0, 0.1) is 12.8 Å². The van der Waals surface area contributed by atoms with Crippen molar-refractivity contribution < 1.29 is 4.79 Å². The maximum Gasteiger partial charge on any atom is 0.260 e. The Hall–Kier alpha value is -1.86. The molecule has 0 spiro atoms. The van der Waals surface area contributed by atoms with Gasteiger partial charge in [0, 0.05) is 18.0 Å². The highest BCUT2D eigenvalue weighted by Crippen LogP contribution is 2.30. The molecule has 0 unspecified atom stereocenters. The molecule has 2 aromatic heterocycles. The number of amides is 1. The van der Waals surface area contributed by atoms with Gasteiger partial charge in [-0.2, -0.15) is 0 Å². The zero-order valence-corrected chi connectivity index (χ0v) is 17.8. The number of nitrogens with one attached hydrogen (secondary N) is 1. The number of carbonyl (C=O) groups excluding carboxylic acids is 1. The highest BCUT2D eigenvalue weighted by atomic mass is 32.2. The second-order valence-electron chi connectivity index (χ2n) is 6.57. The molecule has 5 nitrogen and oxygen atoms in total. The van der Waals surface area contributed by atoms with Crippen LogP contribution in [0.25, 0.3) is 10.2 Å². The Morgan fingerprint density at radius 2 is 2.04 bits per heavy atom. The molecule has 0 saturated carbocycles. The Morgan fingerprint density at radius 3 is 2.63 bits per heavy atom. The quantitative estimate of drug-likeness (QED) is 0.366. The number of thiophene rings is 1. The van der Waals surface area contributed by atoms with Crippen LogP contribution in [0.3, 0.4) is 0 Å². The van der Waals surface area contributed by atoms with Crippen LogP contribution < -0.4 is 5.56 Å². The number of hydrogen-bond donors (Lipinski definition) is 1. The summed E-state index contributed by atoms with van der Waals surface area (Å²) in [6.07, 6.45) is 5.33. The van der Waals surface area contributed by atoms with Crippen LogP contribution in [0.4, 0.5) is 0 Å². The minimum absolute atomic E-state index is 0.0395. The summed E-state index contributed by atoms with van der Waals surface area (Å²) in [5.74, 6) is 0.691. The van der Waals surface area contributed by atoms with E-state index >= 15 is 0 Å². The molecule has 1 atom stereocenters. The van der Waals surface area contributed by atoms with Crippen molar-refractivity contribution in [2.75, 3.05) is 18.8 Å². The van der Waals surface area contributed by atoms with Gasteiger partial charge in [0.1, 0.15) is 4.83 Å². The molecule has 1 amide bonds. The van der Waals surface area contributed by atoms with Crippen LogP contribution >= 0.6 is 23.1 Å². The SMILES string of the molecule is C=CCN(CC=C)C(=O)CSc1nc2sc(C)c(C[C@@H](C)CC)c2c(=O)[nH]1. The molecular formula is C20H27N3O2S2. The predicted octanol–water partition coefficient (Wildman–Crippen LogP) is 4.17. The van der Waals surface area contributed by atoms with Gasteiger partial charge in [0.2, 0.25) is 5.91 Å². The molecule has 2 aromatic rings. The van der Waals surface area contributed by atoms with Crippen LogP contribution in [0.15, 0.2) is 35.3 Å². The standard InChI is InChI=1S/C20H27N3O2S2/c1-6-9-23(10-7-2)16(24)12-26-20-21-18(25)17-15(11-13(4)8-3)14(5)27-19(17)22-20/h6-7,13H,1-2,8-12H2,3-5H3,(H,21,22,25)/t13-/m0/s1. The summed E-state index contributed by atoms with van der Waals surface area (Å²) in [5, 5.41) is 1.18. The molecule has 0 radical (unpaired) electrons. The van der Waals surface area contributed by atoms with Crippen LogP contribution in [0.5, 0.6) is 0 Å². The molecule has 0 aliphatic heterocycles. The fourth-order valence-corrected chi connectivity index (χ4v) is 4.65. The molecule has 0 fully saturated rings. The minimum Gasteiger partial charge on any atom is -0.335 e. The van der Waals surface area contributed by atoms with E-state index in [1.54, 1.807) is 28.4 Å². The molecule has 0 aliphatic rings. The lowest BCUT2D eigenvalue weighted by atomic mass is 9.98. The maximum absolute atomic E-state index is 12.7. The Labute approximate surface area is 168 Å². The fourth-order valence-electron chi connectivity index (χ4n) is 2.77. The molecular weight excluding hydrogens is 378 g/mol. The summed E-state index contributed by atoms with van der Waals surface area (Å²) < 4.78 is 0. The van der Waals surface area contributed by atoms with E-state index in [-0.39, 0.29) is 17.2 Å². The summed E-state index contributed by atoms with van der Waals surface area (Å²) in [6, 6.07) is 0. The third-order valence-corrected chi connectivity index (χ3v) is 6.37. The average molecular weight is 406 g/mol. The molecule has 7 heteroatoms.